The SMILES string of the molecule is CCc1ccc(O)c(C(=O)N(C)Cc2ccc(C(=O)NC)cc2)c1. The minimum absolute atomic E-state index is 0.0148. The van der Waals surface area contributed by atoms with E-state index in [0.717, 1.165) is 17.5 Å². The lowest BCUT2D eigenvalue weighted by Gasteiger charge is -2.18. The van der Waals surface area contributed by atoms with Gasteiger partial charge in [0.25, 0.3) is 11.8 Å². The van der Waals surface area contributed by atoms with E-state index in [1.165, 1.54) is 0 Å². The molecule has 0 atom stereocenters. The van der Waals surface area contributed by atoms with Gasteiger partial charge in [0.05, 0.1) is 5.56 Å². The van der Waals surface area contributed by atoms with Gasteiger partial charge in [-0.3, -0.25) is 9.59 Å². The van der Waals surface area contributed by atoms with E-state index in [1.807, 2.05) is 25.1 Å². The van der Waals surface area contributed by atoms with Crippen molar-refractivity contribution in [3.05, 3.63) is 64.7 Å². The number of carbonyl (C=O) groups is 2. The number of benzene rings is 2. The topological polar surface area (TPSA) is 69.6 Å². The number of hydrogen-bond donors (Lipinski definition) is 2. The summed E-state index contributed by atoms with van der Waals surface area (Å²) in [7, 11) is 3.27. The van der Waals surface area contributed by atoms with Crippen LogP contribution >= 0.6 is 0 Å². The third-order valence-corrected chi connectivity index (χ3v) is 3.91. The molecule has 0 aliphatic carbocycles. The van der Waals surface area contributed by atoms with Gasteiger partial charge >= 0.3 is 0 Å². The number of aromatic hydroxyl groups is 1. The predicted molar refractivity (Wildman–Crippen MR) is 93.1 cm³/mol. The third-order valence-electron chi connectivity index (χ3n) is 3.91. The predicted octanol–water partition coefficient (Wildman–Crippen LogP) is 2.59. The second kappa shape index (κ2) is 7.64. The number of rotatable bonds is 5. The Hall–Kier alpha value is -2.82. The van der Waals surface area contributed by atoms with Gasteiger partial charge in [0.2, 0.25) is 0 Å². The lowest BCUT2D eigenvalue weighted by molar-refractivity contribution is 0.0781. The molecule has 0 aliphatic rings. The number of phenols is 1. The van der Waals surface area contributed by atoms with Crippen LogP contribution in [0.25, 0.3) is 0 Å². The number of hydrogen-bond acceptors (Lipinski definition) is 3. The maximum absolute atomic E-state index is 12.6. The first kappa shape index (κ1) is 17.5. The molecular weight excluding hydrogens is 304 g/mol. The number of aryl methyl sites for hydroxylation is 1. The molecule has 0 fully saturated rings. The fourth-order valence-electron chi connectivity index (χ4n) is 2.43. The van der Waals surface area contributed by atoms with Crippen LogP contribution < -0.4 is 5.32 Å². The molecular formula is C19H22N2O3. The van der Waals surface area contributed by atoms with E-state index >= 15 is 0 Å². The molecule has 0 saturated heterocycles. The van der Waals surface area contributed by atoms with Gasteiger partial charge in [-0.2, -0.15) is 0 Å². The summed E-state index contributed by atoms with van der Waals surface area (Å²) in [5.74, 6) is -0.399. The summed E-state index contributed by atoms with van der Waals surface area (Å²) in [6.07, 6.45) is 0.797. The molecule has 126 valence electrons. The van der Waals surface area contributed by atoms with Gasteiger partial charge in [-0.05, 0) is 41.8 Å². The Morgan fingerprint density at radius 3 is 2.29 bits per heavy atom. The molecule has 2 rings (SSSR count). The Kier molecular flexibility index (Phi) is 5.58. The molecule has 0 spiro atoms. The van der Waals surface area contributed by atoms with Gasteiger partial charge < -0.3 is 15.3 Å². The van der Waals surface area contributed by atoms with Gasteiger partial charge in [-0.15, -0.1) is 0 Å². The van der Waals surface area contributed by atoms with E-state index in [9.17, 15) is 14.7 Å². The molecule has 2 N–H and O–H groups in total. The van der Waals surface area contributed by atoms with Crippen LogP contribution in [0.15, 0.2) is 42.5 Å². The smallest absolute Gasteiger partial charge is 0.257 e. The molecule has 5 nitrogen and oxygen atoms in total. The zero-order chi connectivity index (χ0) is 17.7. The summed E-state index contributed by atoms with van der Waals surface area (Å²) in [5, 5.41) is 12.5. The normalized spacial score (nSPS) is 10.3. The zero-order valence-corrected chi connectivity index (χ0v) is 14.2. The van der Waals surface area contributed by atoms with E-state index in [0.29, 0.717) is 17.7 Å². The highest BCUT2D eigenvalue weighted by Gasteiger charge is 2.16. The van der Waals surface area contributed by atoms with Crippen LogP contribution in [0, 0.1) is 0 Å². The molecule has 2 aromatic carbocycles. The summed E-state index contributed by atoms with van der Waals surface area (Å²) in [5.41, 5.74) is 2.78. The molecule has 2 amide bonds. The first-order valence-corrected chi connectivity index (χ1v) is 7.84. The quantitative estimate of drug-likeness (QED) is 0.887. The molecule has 5 heteroatoms. The standard InChI is InChI=1S/C19H22N2O3/c1-4-13-7-10-17(22)16(11-13)19(24)21(3)12-14-5-8-15(9-6-14)18(23)20-2/h5-11,22H,4,12H2,1-3H3,(H,20,23). The van der Waals surface area contributed by atoms with E-state index in [4.69, 9.17) is 0 Å². The maximum atomic E-state index is 12.6. The first-order chi connectivity index (χ1) is 11.5. The summed E-state index contributed by atoms with van der Waals surface area (Å²) in [6, 6.07) is 12.2. The van der Waals surface area contributed by atoms with Crippen LogP contribution in [-0.4, -0.2) is 35.9 Å². The highest BCUT2D eigenvalue weighted by atomic mass is 16.3. The van der Waals surface area contributed by atoms with Gasteiger partial charge in [-0.25, -0.2) is 0 Å². The molecule has 0 bridgehead atoms. The Labute approximate surface area is 141 Å². The molecule has 0 unspecified atom stereocenters. The molecule has 24 heavy (non-hydrogen) atoms. The van der Waals surface area contributed by atoms with E-state index in [1.54, 1.807) is 43.3 Å². The number of phenolic OH excluding ortho intramolecular Hbond substituents is 1. The first-order valence-electron chi connectivity index (χ1n) is 7.84. The van der Waals surface area contributed by atoms with Crippen molar-refractivity contribution in [2.75, 3.05) is 14.1 Å². The molecule has 0 aliphatic heterocycles. The van der Waals surface area contributed by atoms with Crippen LogP contribution in [0.3, 0.4) is 0 Å². The molecule has 2 aromatic rings. The minimum atomic E-state index is -0.238. The second-order valence-electron chi connectivity index (χ2n) is 5.64. The second-order valence-corrected chi connectivity index (χ2v) is 5.64. The van der Waals surface area contributed by atoms with Crippen LogP contribution in [0.4, 0.5) is 0 Å². The van der Waals surface area contributed by atoms with Crippen molar-refractivity contribution in [3.63, 3.8) is 0 Å². The van der Waals surface area contributed by atoms with Crippen LogP contribution in [0.1, 0.15) is 38.8 Å². The van der Waals surface area contributed by atoms with Gasteiger partial charge in [0.1, 0.15) is 5.75 Å². The van der Waals surface area contributed by atoms with Crippen molar-refractivity contribution in [2.24, 2.45) is 0 Å². The van der Waals surface area contributed by atoms with Crippen molar-refractivity contribution in [2.45, 2.75) is 19.9 Å². The average molecular weight is 326 g/mol. The van der Waals surface area contributed by atoms with Crippen molar-refractivity contribution in [1.82, 2.24) is 10.2 Å². The third kappa shape index (κ3) is 3.93. The lowest BCUT2D eigenvalue weighted by atomic mass is 10.1. The van der Waals surface area contributed by atoms with Crippen LogP contribution in [-0.2, 0) is 13.0 Å². The Bertz CT molecular complexity index is 739. The van der Waals surface area contributed by atoms with Crippen molar-refractivity contribution in [1.29, 1.82) is 0 Å². The highest BCUT2D eigenvalue weighted by molar-refractivity contribution is 5.97. The number of amides is 2. The van der Waals surface area contributed by atoms with Crippen LogP contribution in [0.5, 0.6) is 5.75 Å². The molecule has 0 saturated carbocycles. The molecule has 0 radical (unpaired) electrons. The molecule has 0 heterocycles. The summed E-state index contributed by atoms with van der Waals surface area (Å²) in [6.45, 7) is 2.39. The average Bonchev–Trinajstić information content (AvgIpc) is 2.61. The van der Waals surface area contributed by atoms with E-state index < -0.39 is 0 Å². The lowest BCUT2D eigenvalue weighted by Crippen LogP contribution is -2.26. The highest BCUT2D eigenvalue weighted by Crippen LogP contribution is 2.21. The van der Waals surface area contributed by atoms with Crippen LogP contribution in [0.2, 0.25) is 0 Å². The number of nitrogens with zero attached hydrogens (tertiary/aromatic N) is 1. The Balaban J connectivity index is 2.13. The fraction of sp³-hybridized carbons (Fsp3) is 0.263. The maximum Gasteiger partial charge on any atom is 0.257 e. The van der Waals surface area contributed by atoms with E-state index in [2.05, 4.69) is 5.32 Å². The van der Waals surface area contributed by atoms with Gasteiger partial charge in [0.15, 0.2) is 0 Å². The summed E-state index contributed by atoms with van der Waals surface area (Å²) < 4.78 is 0. The Morgan fingerprint density at radius 2 is 1.71 bits per heavy atom. The number of nitrogens with one attached hydrogen (secondary N) is 1. The minimum Gasteiger partial charge on any atom is -0.507 e. The van der Waals surface area contributed by atoms with Gasteiger partial charge in [-0.1, -0.05) is 25.1 Å². The zero-order valence-electron chi connectivity index (χ0n) is 14.2. The Morgan fingerprint density at radius 1 is 1.08 bits per heavy atom. The number of carbonyl (C=O) groups excluding carboxylic acids is 2. The largest absolute Gasteiger partial charge is 0.507 e. The summed E-state index contributed by atoms with van der Waals surface area (Å²) in [4.78, 5) is 25.6. The van der Waals surface area contributed by atoms with E-state index in [-0.39, 0.29) is 17.6 Å². The van der Waals surface area contributed by atoms with Gasteiger partial charge in [0, 0.05) is 26.2 Å². The van der Waals surface area contributed by atoms with Crippen molar-refractivity contribution < 1.29 is 14.7 Å². The monoisotopic (exact) mass is 326 g/mol. The van der Waals surface area contributed by atoms with Crippen molar-refractivity contribution >= 4 is 11.8 Å². The van der Waals surface area contributed by atoms with Crippen molar-refractivity contribution in [3.8, 4) is 5.75 Å². The molecule has 0 aromatic heterocycles. The fourth-order valence-corrected chi connectivity index (χ4v) is 2.43. The summed E-state index contributed by atoms with van der Waals surface area (Å²) >= 11 is 0.